The summed E-state index contributed by atoms with van der Waals surface area (Å²) in [6, 6.07) is 54.4. The molecule has 6 fully saturated rings. The van der Waals surface area contributed by atoms with Crippen LogP contribution in [0.3, 0.4) is 0 Å². The van der Waals surface area contributed by atoms with E-state index in [4.69, 9.17) is 0 Å². The van der Waals surface area contributed by atoms with Crippen molar-refractivity contribution >= 4 is 28.4 Å². The molecule has 5 aromatic carbocycles. The molecule has 6 aliphatic carbocycles. The predicted molar refractivity (Wildman–Crippen MR) is 203 cm³/mol. The molecule has 6 saturated carbocycles. The normalized spacial score (nSPS) is 25.5. The first-order chi connectivity index (χ1) is 23.8. The van der Waals surface area contributed by atoms with Gasteiger partial charge in [-0.15, -0.1) is 0 Å². The second-order valence-corrected chi connectivity index (χ2v) is 14.8. The van der Waals surface area contributed by atoms with Crippen molar-refractivity contribution in [3.63, 3.8) is 0 Å². The molecule has 6 atom stereocenters. The molecule has 0 saturated heterocycles. The van der Waals surface area contributed by atoms with Crippen LogP contribution in [0, 0.1) is 23.7 Å². The molecule has 2 nitrogen and oxygen atoms in total. The molecule has 2 heteroatoms. The highest BCUT2D eigenvalue weighted by Gasteiger charge is 2.39. The first-order valence-electron chi connectivity index (χ1n) is 18.7. The summed E-state index contributed by atoms with van der Waals surface area (Å²) in [5, 5.41) is 0. The van der Waals surface area contributed by atoms with E-state index >= 15 is 0 Å². The van der Waals surface area contributed by atoms with Crippen molar-refractivity contribution in [3.05, 3.63) is 151 Å². The highest BCUT2D eigenvalue weighted by Crippen LogP contribution is 2.49. The number of nitrogens with zero attached hydrogens (tertiary/aromatic N) is 2. The zero-order chi connectivity index (χ0) is 32.1. The highest BCUT2D eigenvalue weighted by atomic mass is 15.2. The smallest absolute Gasteiger partial charge is 0.0461 e. The van der Waals surface area contributed by atoms with Gasteiger partial charge in [-0.25, -0.2) is 0 Å². The van der Waals surface area contributed by atoms with Crippen molar-refractivity contribution in [3.8, 4) is 0 Å². The van der Waals surface area contributed by atoms with E-state index < -0.39 is 0 Å². The van der Waals surface area contributed by atoms with Gasteiger partial charge in [0.2, 0.25) is 0 Å². The van der Waals surface area contributed by atoms with Crippen molar-refractivity contribution in [2.24, 2.45) is 23.7 Å². The maximum atomic E-state index is 2.72. The molecular formula is C46H50N2. The Morgan fingerprint density at radius 1 is 0.354 bits per heavy atom. The third kappa shape index (κ3) is 6.68. The molecule has 48 heavy (non-hydrogen) atoms. The van der Waals surface area contributed by atoms with Gasteiger partial charge in [0.05, 0.1) is 0 Å². The van der Waals surface area contributed by atoms with Gasteiger partial charge in [0, 0.05) is 34.5 Å². The molecule has 5 unspecified atom stereocenters. The highest BCUT2D eigenvalue weighted by molar-refractivity contribution is 5.76. The molecule has 6 aliphatic rings. The molecular weight excluding hydrogens is 581 g/mol. The topological polar surface area (TPSA) is 6.48 Å². The SMILES string of the molecule is c1ccc(N(c2ccccc2)c2ccc(C3CC4CCC5CCC(CC[C@@H]3CC4)CC5N(c3ccccc3)c3ccccc3)cc2)cc1. The van der Waals surface area contributed by atoms with E-state index in [9.17, 15) is 0 Å². The molecule has 0 amide bonds. The Balaban J connectivity index is 1.04. The molecule has 0 radical (unpaired) electrons. The molecule has 0 aliphatic heterocycles. The van der Waals surface area contributed by atoms with Crippen LogP contribution in [0.15, 0.2) is 146 Å². The van der Waals surface area contributed by atoms with Crippen LogP contribution in [0.25, 0.3) is 0 Å². The lowest BCUT2D eigenvalue weighted by atomic mass is 9.64. The molecule has 5 aromatic rings. The molecule has 11 rings (SSSR count). The minimum Gasteiger partial charge on any atom is -0.338 e. The number of benzene rings is 5. The standard InChI is InChI=1S/C46H50N2/c1-5-13-40(14-6-1)47(41-15-7-2-8-16-41)44-31-29-38(30-32-44)45-33-35-21-25-37(45)26-22-36-24-28-39(27-23-35)46(34-36)48(42-17-9-3-10-18-42)43-19-11-4-12-20-43/h1-20,29-32,35-37,39,45-46H,21-28,33-34H2/t35?,36?,37-,39?,45?,46?/m0/s1. The monoisotopic (exact) mass is 630 g/mol. The van der Waals surface area contributed by atoms with E-state index in [1.807, 2.05) is 0 Å². The van der Waals surface area contributed by atoms with Gasteiger partial charge in [-0.3, -0.25) is 0 Å². The van der Waals surface area contributed by atoms with Crippen molar-refractivity contribution < 1.29 is 0 Å². The Labute approximate surface area is 288 Å². The van der Waals surface area contributed by atoms with Crippen LogP contribution in [0.5, 0.6) is 0 Å². The van der Waals surface area contributed by atoms with Crippen LogP contribution in [-0.2, 0) is 0 Å². The minimum atomic E-state index is 0.576. The number of rotatable bonds is 7. The third-order valence-corrected chi connectivity index (χ3v) is 12.1. The van der Waals surface area contributed by atoms with Crippen molar-refractivity contribution in [2.45, 2.75) is 76.2 Å². The van der Waals surface area contributed by atoms with Crippen LogP contribution < -0.4 is 9.80 Å². The summed E-state index contributed by atoms with van der Waals surface area (Å²) in [5.41, 5.74) is 7.92. The summed E-state index contributed by atoms with van der Waals surface area (Å²) in [7, 11) is 0. The van der Waals surface area contributed by atoms with E-state index in [1.165, 1.54) is 92.6 Å². The van der Waals surface area contributed by atoms with Gasteiger partial charge in [-0.1, -0.05) is 111 Å². The van der Waals surface area contributed by atoms with Crippen LogP contribution >= 0.6 is 0 Å². The second kappa shape index (κ2) is 14.4. The van der Waals surface area contributed by atoms with E-state index in [2.05, 4.69) is 155 Å². The summed E-state index contributed by atoms with van der Waals surface area (Å²) in [5.74, 6) is 3.86. The second-order valence-electron chi connectivity index (χ2n) is 14.8. The summed E-state index contributed by atoms with van der Waals surface area (Å²) in [6.45, 7) is 0. The van der Waals surface area contributed by atoms with Crippen molar-refractivity contribution in [1.29, 1.82) is 0 Å². The Kier molecular flexibility index (Phi) is 9.33. The van der Waals surface area contributed by atoms with E-state index in [-0.39, 0.29) is 0 Å². The largest absolute Gasteiger partial charge is 0.338 e. The summed E-state index contributed by atoms with van der Waals surface area (Å²) in [4.78, 5) is 5.11. The van der Waals surface area contributed by atoms with Gasteiger partial charge in [-0.2, -0.15) is 0 Å². The summed E-state index contributed by atoms with van der Waals surface area (Å²) in [6.07, 6.45) is 13.8. The average molecular weight is 631 g/mol. The summed E-state index contributed by atoms with van der Waals surface area (Å²) >= 11 is 0. The Hall–Kier alpha value is -4.30. The molecule has 0 N–H and O–H groups in total. The number of hydrogen-bond donors (Lipinski definition) is 0. The molecule has 244 valence electrons. The fourth-order valence-electron chi connectivity index (χ4n) is 9.63. The zero-order valence-corrected chi connectivity index (χ0v) is 28.3. The average Bonchev–Trinajstić information content (AvgIpc) is 3.15. The lowest BCUT2D eigenvalue weighted by Crippen LogP contribution is -2.43. The van der Waals surface area contributed by atoms with Gasteiger partial charge < -0.3 is 9.80 Å². The Morgan fingerprint density at radius 3 is 1.23 bits per heavy atom. The lowest BCUT2D eigenvalue weighted by Gasteiger charge is -2.46. The van der Waals surface area contributed by atoms with Crippen LogP contribution in [0.1, 0.15) is 75.7 Å². The minimum absolute atomic E-state index is 0.576. The Morgan fingerprint density at radius 2 is 0.750 bits per heavy atom. The van der Waals surface area contributed by atoms with Gasteiger partial charge in [0.1, 0.15) is 0 Å². The Bertz CT molecular complexity index is 1620. The fraction of sp³-hybridized carbons (Fsp3) is 0.348. The first kappa shape index (κ1) is 31.0. The maximum absolute atomic E-state index is 2.72. The van der Waals surface area contributed by atoms with Crippen molar-refractivity contribution in [1.82, 2.24) is 0 Å². The number of anilines is 5. The number of para-hydroxylation sites is 4. The van der Waals surface area contributed by atoms with E-state index in [0.717, 1.165) is 23.7 Å². The van der Waals surface area contributed by atoms with Crippen LogP contribution in [-0.4, -0.2) is 6.04 Å². The van der Waals surface area contributed by atoms with E-state index in [1.54, 1.807) is 5.56 Å². The van der Waals surface area contributed by atoms with Crippen LogP contribution in [0.4, 0.5) is 28.4 Å². The molecule has 0 aromatic heterocycles. The maximum Gasteiger partial charge on any atom is 0.0461 e. The van der Waals surface area contributed by atoms with Gasteiger partial charge >= 0.3 is 0 Å². The van der Waals surface area contributed by atoms with Crippen LogP contribution in [0.2, 0.25) is 0 Å². The fourth-order valence-corrected chi connectivity index (χ4v) is 9.63. The first-order valence-corrected chi connectivity index (χ1v) is 18.7. The van der Waals surface area contributed by atoms with E-state index in [0.29, 0.717) is 12.0 Å². The quantitative estimate of drug-likeness (QED) is 0.176. The number of hydrogen-bond acceptors (Lipinski definition) is 2. The lowest BCUT2D eigenvalue weighted by molar-refractivity contribution is 0.146. The third-order valence-electron chi connectivity index (χ3n) is 12.1. The zero-order valence-electron chi connectivity index (χ0n) is 28.3. The molecule has 0 heterocycles. The summed E-state index contributed by atoms with van der Waals surface area (Å²) < 4.78 is 0. The van der Waals surface area contributed by atoms with Gasteiger partial charge in [0.15, 0.2) is 0 Å². The van der Waals surface area contributed by atoms with Gasteiger partial charge in [-0.05, 0) is 134 Å². The molecule has 0 spiro atoms. The van der Waals surface area contributed by atoms with Crippen molar-refractivity contribution in [2.75, 3.05) is 9.80 Å². The van der Waals surface area contributed by atoms with Gasteiger partial charge in [0.25, 0.3) is 0 Å². The molecule has 4 bridgehead atoms. The predicted octanol–water partition coefficient (Wildman–Crippen LogP) is 12.9.